The van der Waals surface area contributed by atoms with Crippen molar-refractivity contribution in [1.29, 1.82) is 0 Å². The summed E-state index contributed by atoms with van der Waals surface area (Å²) < 4.78 is 0. The molecule has 0 aromatic heterocycles. The van der Waals surface area contributed by atoms with Crippen molar-refractivity contribution in [3.8, 4) is 0 Å². The van der Waals surface area contributed by atoms with E-state index < -0.39 is 12.1 Å². The summed E-state index contributed by atoms with van der Waals surface area (Å²) in [5, 5.41) is 23.0. The molecular formula is C45H87NO3. The molecule has 0 aliphatic carbocycles. The number of hydrogen-bond donors (Lipinski definition) is 3. The number of hydrogen-bond acceptors (Lipinski definition) is 3. The molecule has 0 saturated carbocycles. The van der Waals surface area contributed by atoms with E-state index in [1.807, 2.05) is 6.08 Å². The van der Waals surface area contributed by atoms with Gasteiger partial charge in [-0.05, 0) is 32.1 Å². The molecule has 1 amide bonds. The van der Waals surface area contributed by atoms with Crippen LogP contribution >= 0.6 is 0 Å². The van der Waals surface area contributed by atoms with Gasteiger partial charge >= 0.3 is 0 Å². The molecule has 49 heavy (non-hydrogen) atoms. The van der Waals surface area contributed by atoms with Gasteiger partial charge in [0.15, 0.2) is 0 Å². The van der Waals surface area contributed by atoms with Crippen molar-refractivity contribution in [2.45, 2.75) is 251 Å². The smallest absolute Gasteiger partial charge is 0.220 e. The summed E-state index contributed by atoms with van der Waals surface area (Å²) >= 11 is 0. The third-order valence-corrected chi connectivity index (χ3v) is 10.2. The monoisotopic (exact) mass is 690 g/mol. The molecule has 0 aliphatic heterocycles. The molecule has 0 spiro atoms. The van der Waals surface area contributed by atoms with Crippen molar-refractivity contribution < 1.29 is 15.0 Å². The number of carbonyl (C=O) groups is 1. The normalized spacial score (nSPS) is 13.1. The first-order chi connectivity index (χ1) is 24.2. The van der Waals surface area contributed by atoms with Crippen molar-refractivity contribution >= 4 is 5.91 Å². The quantitative estimate of drug-likeness (QED) is 0.0443. The Bertz CT molecular complexity index is 705. The molecule has 0 fully saturated rings. The Morgan fingerprint density at radius 1 is 0.469 bits per heavy atom. The van der Waals surface area contributed by atoms with E-state index in [9.17, 15) is 15.0 Å². The van der Waals surface area contributed by atoms with Gasteiger partial charge in [0.1, 0.15) is 0 Å². The van der Waals surface area contributed by atoms with E-state index >= 15 is 0 Å². The van der Waals surface area contributed by atoms with Gasteiger partial charge in [-0.25, -0.2) is 0 Å². The van der Waals surface area contributed by atoms with Crippen LogP contribution in [0.25, 0.3) is 0 Å². The summed E-state index contributed by atoms with van der Waals surface area (Å²) in [4.78, 5) is 12.4. The summed E-state index contributed by atoms with van der Waals surface area (Å²) in [6.07, 6.45) is 52.9. The number of amides is 1. The average molecular weight is 690 g/mol. The second kappa shape index (κ2) is 41.3. The number of carbonyl (C=O) groups excluding carboxylic acids is 1. The SMILES string of the molecule is CCCCCCCCCCCCC/C=C/CC/C=C/[C@@H](O)[C@H](CO)NC(=O)CCCCCCCCCCCCCCCCCCCCCC. The van der Waals surface area contributed by atoms with Gasteiger partial charge in [0.25, 0.3) is 0 Å². The minimum atomic E-state index is -0.857. The Morgan fingerprint density at radius 2 is 0.796 bits per heavy atom. The van der Waals surface area contributed by atoms with E-state index in [1.165, 1.54) is 186 Å². The van der Waals surface area contributed by atoms with Crippen molar-refractivity contribution in [2.75, 3.05) is 6.61 Å². The average Bonchev–Trinajstić information content (AvgIpc) is 3.10. The van der Waals surface area contributed by atoms with Gasteiger partial charge in [-0.1, -0.05) is 224 Å². The fraction of sp³-hybridized carbons (Fsp3) is 0.889. The molecule has 0 rings (SSSR count). The van der Waals surface area contributed by atoms with E-state index in [-0.39, 0.29) is 12.5 Å². The molecule has 0 unspecified atom stereocenters. The highest BCUT2D eigenvalue weighted by atomic mass is 16.3. The Balaban J connectivity index is 3.57. The number of allylic oxidation sites excluding steroid dienone is 3. The molecule has 0 aromatic carbocycles. The summed E-state index contributed by atoms with van der Waals surface area (Å²) in [6, 6.07) is -0.634. The van der Waals surface area contributed by atoms with E-state index in [4.69, 9.17) is 0 Å². The summed E-state index contributed by atoms with van der Waals surface area (Å²) in [6.45, 7) is 4.31. The molecule has 0 heterocycles. The number of aliphatic hydroxyl groups is 2. The first-order valence-corrected chi connectivity index (χ1v) is 22.1. The van der Waals surface area contributed by atoms with E-state index in [1.54, 1.807) is 6.08 Å². The molecule has 0 aliphatic rings. The van der Waals surface area contributed by atoms with Gasteiger partial charge in [-0.2, -0.15) is 0 Å². The topological polar surface area (TPSA) is 69.6 Å². The van der Waals surface area contributed by atoms with Gasteiger partial charge in [0.05, 0.1) is 18.8 Å². The lowest BCUT2D eigenvalue weighted by Gasteiger charge is -2.19. The molecule has 3 N–H and O–H groups in total. The third-order valence-electron chi connectivity index (χ3n) is 10.2. The fourth-order valence-corrected chi connectivity index (χ4v) is 6.78. The number of rotatable bonds is 40. The van der Waals surface area contributed by atoms with Crippen LogP contribution in [0, 0.1) is 0 Å². The van der Waals surface area contributed by atoms with E-state index in [2.05, 4.69) is 31.3 Å². The van der Waals surface area contributed by atoms with Crippen molar-refractivity contribution in [1.82, 2.24) is 5.32 Å². The molecule has 4 nitrogen and oxygen atoms in total. The number of unbranched alkanes of at least 4 members (excludes halogenated alkanes) is 31. The van der Waals surface area contributed by atoms with Crippen LogP contribution in [0.15, 0.2) is 24.3 Å². The molecule has 0 saturated heterocycles. The highest BCUT2D eigenvalue weighted by molar-refractivity contribution is 5.76. The molecule has 0 bridgehead atoms. The van der Waals surface area contributed by atoms with E-state index in [0.29, 0.717) is 6.42 Å². The van der Waals surface area contributed by atoms with Crippen LogP contribution in [0.5, 0.6) is 0 Å². The number of aliphatic hydroxyl groups excluding tert-OH is 2. The van der Waals surface area contributed by atoms with Crippen molar-refractivity contribution in [2.24, 2.45) is 0 Å². The lowest BCUT2D eigenvalue weighted by molar-refractivity contribution is -0.123. The maximum Gasteiger partial charge on any atom is 0.220 e. The lowest BCUT2D eigenvalue weighted by atomic mass is 10.0. The first-order valence-electron chi connectivity index (χ1n) is 22.1. The highest BCUT2D eigenvalue weighted by Crippen LogP contribution is 2.16. The van der Waals surface area contributed by atoms with Gasteiger partial charge in [0, 0.05) is 6.42 Å². The van der Waals surface area contributed by atoms with Crippen LogP contribution in [-0.2, 0) is 4.79 Å². The summed E-state index contributed by atoms with van der Waals surface area (Å²) in [5.41, 5.74) is 0. The van der Waals surface area contributed by atoms with Gasteiger partial charge < -0.3 is 15.5 Å². The summed E-state index contributed by atoms with van der Waals surface area (Å²) in [5.74, 6) is -0.0701. The zero-order valence-electron chi connectivity index (χ0n) is 33.2. The van der Waals surface area contributed by atoms with Crippen molar-refractivity contribution in [3.05, 3.63) is 24.3 Å². The lowest BCUT2D eigenvalue weighted by Crippen LogP contribution is -2.45. The van der Waals surface area contributed by atoms with Crippen molar-refractivity contribution in [3.63, 3.8) is 0 Å². The fourth-order valence-electron chi connectivity index (χ4n) is 6.78. The predicted octanol–water partition coefficient (Wildman–Crippen LogP) is 13.6. The second-order valence-electron chi connectivity index (χ2n) is 15.1. The molecule has 0 aromatic rings. The molecule has 4 heteroatoms. The minimum Gasteiger partial charge on any atom is -0.394 e. The Morgan fingerprint density at radius 3 is 1.18 bits per heavy atom. The Hall–Kier alpha value is -1.13. The van der Waals surface area contributed by atoms with Gasteiger partial charge in [-0.15, -0.1) is 0 Å². The molecule has 290 valence electrons. The summed E-state index contributed by atoms with van der Waals surface area (Å²) in [7, 11) is 0. The largest absolute Gasteiger partial charge is 0.394 e. The molecule has 0 radical (unpaired) electrons. The van der Waals surface area contributed by atoms with Crippen LogP contribution in [0.1, 0.15) is 239 Å². The molecule has 2 atom stereocenters. The van der Waals surface area contributed by atoms with Crippen LogP contribution in [0.3, 0.4) is 0 Å². The predicted molar refractivity (Wildman–Crippen MR) is 216 cm³/mol. The van der Waals surface area contributed by atoms with Crippen LogP contribution in [-0.4, -0.2) is 34.9 Å². The second-order valence-corrected chi connectivity index (χ2v) is 15.1. The van der Waals surface area contributed by atoms with Crippen LogP contribution in [0.2, 0.25) is 0 Å². The zero-order chi connectivity index (χ0) is 35.7. The minimum absolute atomic E-state index is 0.0701. The maximum atomic E-state index is 12.4. The Labute approximate surface area is 307 Å². The highest BCUT2D eigenvalue weighted by Gasteiger charge is 2.17. The van der Waals surface area contributed by atoms with E-state index in [0.717, 1.165) is 32.1 Å². The van der Waals surface area contributed by atoms with Crippen LogP contribution < -0.4 is 5.32 Å². The maximum absolute atomic E-state index is 12.4. The first kappa shape index (κ1) is 47.9. The Kier molecular flexibility index (Phi) is 40.3. The zero-order valence-corrected chi connectivity index (χ0v) is 33.2. The van der Waals surface area contributed by atoms with Crippen LogP contribution in [0.4, 0.5) is 0 Å². The number of nitrogens with one attached hydrogen (secondary N) is 1. The standard InChI is InChI=1S/C45H87NO3/c1-3-5-7-9-11-13-15-17-19-21-22-23-25-27-29-31-33-35-37-39-41-45(49)46-43(42-47)44(48)40-38-36-34-32-30-28-26-24-20-18-16-14-12-10-8-6-4-2/h30,32,38,40,43-44,47-48H,3-29,31,33-37,39,41-42H2,1-2H3,(H,46,49)/b32-30+,40-38+/t43-,44+/m0/s1. The third kappa shape index (κ3) is 37.9. The van der Waals surface area contributed by atoms with Gasteiger partial charge in [-0.3, -0.25) is 4.79 Å². The molecular weight excluding hydrogens is 602 g/mol. The van der Waals surface area contributed by atoms with Gasteiger partial charge in [0.2, 0.25) is 5.91 Å².